The summed E-state index contributed by atoms with van der Waals surface area (Å²) in [7, 11) is -7.30. The lowest BCUT2D eigenvalue weighted by Gasteiger charge is -2.12. The monoisotopic (exact) mass is 327 g/mol. The average Bonchev–Trinajstić information content (AvgIpc) is 2.56. The molecule has 9 heteroatoms. The fraction of sp³-hybridized carbons (Fsp3) is 0.400. The standard InChI is InChI=1S/C10H11ClFNO4S2/c11-7-1-2-10(9(12)5-7)19(16,17)13-8-3-4-18(14,15)6-8/h1-2,5,8,13H,3-4,6H2. The van der Waals surface area contributed by atoms with Gasteiger partial charge in [0.2, 0.25) is 10.0 Å². The summed E-state index contributed by atoms with van der Waals surface area (Å²) in [5.41, 5.74) is 0. The van der Waals surface area contributed by atoms with E-state index in [-0.39, 0.29) is 22.9 Å². The predicted molar refractivity (Wildman–Crippen MR) is 68.8 cm³/mol. The highest BCUT2D eigenvalue weighted by atomic mass is 35.5. The fourth-order valence-corrected chi connectivity index (χ4v) is 5.13. The first-order chi connectivity index (χ1) is 8.70. The van der Waals surface area contributed by atoms with Gasteiger partial charge in [0, 0.05) is 11.1 Å². The summed E-state index contributed by atoms with van der Waals surface area (Å²) < 4.78 is 62.1. The zero-order valence-corrected chi connectivity index (χ0v) is 12.0. The molecule has 1 aromatic rings. The van der Waals surface area contributed by atoms with Crippen LogP contribution in [-0.2, 0) is 19.9 Å². The quantitative estimate of drug-likeness (QED) is 0.896. The van der Waals surface area contributed by atoms with Crippen molar-refractivity contribution in [2.75, 3.05) is 11.5 Å². The molecule has 0 spiro atoms. The highest BCUT2D eigenvalue weighted by Gasteiger charge is 2.32. The number of nitrogens with one attached hydrogen (secondary N) is 1. The van der Waals surface area contributed by atoms with E-state index < -0.39 is 36.6 Å². The summed E-state index contributed by atoms with van der Waals surface area (Å²) in [6.45, 7) is 0. The van der Waals surface area contributed by atoms with Gasteiger partial charge in [-0.25, -0.2) is 25.9 Å². The number of sulfone groups is 1. The molecule has 1 unspecified atom stereocenters. The van der Waals surface area contributed by atoms with Crippen molar-refractivity contribution in [3.63, 3.8) is 0 Å². The van der Waals surface area contributed by atoms with Crippen LogP contribution in [-0.4, -0.2) is 34.4 Å². The third-order valence-electron chi connectivity index (χ3n) is 2.74. The van der Waals surface area contributed by atoms with E-state index in [0.717, 1.165) is 12.1 Å². The molecule has 1 atom stereocenters. The summed E-state index contributed by atoms with van der Waals surface area (Å²) in [6.07, 6.45) is 0.191. The Morgan fingerprint density at radius 2 is 2.05 bits per heavy atom. The largest absolute Gasteiger partial charge is 0.243 e. The maximum absolute atomic E-state index is 13.6. The first-order valence-corrected chi connectivity index (χ1v) is 9.06. The smallest absolute Gasteiger partial charge is 0.229 e. The summed E-state index contributed by atoms with van der Waals surface area (Å²) in [5.74, 6) is -1.30. The molecular weight excluding hydrogens is 317 g/mol. The minimum Gasteiger partial charge on any atom is -0.229 e. The molecule has 1 aromatic carbocycles. The van der Waals surface area contributed by atoms with Crippen LogP contribution in [0.15, 0.2) is 23.1 Å². The second-order valence-corrected chi connectivity index (χ2v) is 8.64. The first kappa shape index (κ1) is 14.7. The van der Waals surface area contributed by atoms with E-state index in [1.807, 2.05) is 0 Å². The Bertz CT molecular complexity index is 702. The molecule has 0 amide bonds. The van der Waals surface area contributed by atoms with Crippen LogP contribution in [0.25, 0.3) is 0 Å². The lowest BCUT2D eigenvalue weighted by atomic mass is 10.3. The maximum Gasteiger partial charge on any atom is 0.243 e. The SMILES string of the molecule is O=S1(=O)CCC(NS(=O)(=O)c2ccc(Cl)cc2F)C1. The number of hydrogen-bond donors (Lipinski definition) is 1. The van der Waals surface area contributed by atoms with Gasteiger partial charge in [0.25, 0.3) is 0 Å². The van der Waals surface area contributed by atoms with E-state index in [1.54, 1.807) is 0 Å². The van der Waals surface area contributed by atoms with Crippen LogP contribution in [0, 0.1) is 5.82 Å². The van der Waals surface area contributed by atoms with Gasteiger partial charge in [-0.3, -0.25) is 0 Å². The summed E-state index contributed by atoms with van der Waals surface area (Å²) >= 11 is 5.54. The van der Waals surface area contributed by atoms with Crippen molar-refractivity contribution in [1.29, 1.82) is 0 Å². The van der Waals surface area contributed by atoms with E-state index in [9.17, 15) is 21.2 Å². The van der Waals surface area contributed by atoms with Gasteiger partial charge >= 0.3 is 0 Å². The molecule has 1 N–H and O–H groups in total. The van der Waals surface area contributed by atoms with Crippen molar-refractivity contribution in [2.45, 2.75) is 17.4 Å². The number of halogens is 2. The Kier molecular flexibility index (Phi) is 3.87. The molecule has 1 fully saturated rings. The van der Waals surface area contributed by atoms with Gasteiger partial charge in [0.1, 0.15) is 10.7 Å². The molecule has 1 aliphatic rings. The Balaban J connectivity index is 2.24. The normalized spacial score (nSPS) is 22.5. The molecular formula is C10H11ClFNO4S2. The van der Waals surface area contributed by atoms with Crippen molar-refractivity contribution in [1.82, 2.24) is 4.72 Å². The van der Waals surface area contributed by atoms with Crippen LogP contribution in [0.3, 0.4) is 0 Å². The second-order valence-electron chi connectivity index (χ2n) is 4.30. The van der Waals surface area contributed by atoms with E-state index >= 15 is 0 Å². The maximum atomic E-state index is 13.6. The first-order valence-electron chi connectivity index (χ1n) is 5.37. The molecule has 106 valence electrons. The van der Waals surface area contributed by atoms with Gasteiger partial charge in [-0.05, 0) is 24.6 Å². The van der Waals surface area contributed by atoms with Gasteiger partial charge in [-0.1, -0.05) is 11.6 Å². The summed E-state index contributed by atoms with van der Waals surface area (Å²) in [5, 5.41) is 0.0832. The Morgan fingerprint density at radius 3 is 2.58 bits per heavy atom. The molecule has 0 saturated carbocycles. The Hall–Kier alpha value is -0.700. The van der Waals surface area contributed by atoms with Crippen molar-refractivity contribution >= 4 is 31.5 Å². The summed E-state index contributed by atoms with van der Waals surface area (Å²) in [6, 6.07) is 2.47. The van der Waals surface area contributed by atoms with Crippen LogP contribution in [0.2, 0.25) is 5.02 Å². The van der Waals surface area contributed by atoms with Crippen LogP contribution < -0.4 is 4.72 Å². The van der Waals surface area contributed by atoms with Gasteiger partial charge in [-0.15, -0.1) is 0 Å². The molecule has 0 bridgehead atoms. The minimum absolute atomic E-state index is 0.0662. The van der Waals surface area contributed by atoms with E-state index in [4.69, 9.17) is 11.6 Å². The van der Waals surface area contributed by atoms with E-state index in [0.29, 0.717) is 0 Å². The predicted octanol–water partition coefficient (Wildman–Crippen LogP) is 0.944. The second kappa shape index (κ2) is 5.01. The third kappa shape index (κ3) is 3.44. The zero-order chi connectivity index (χ0) is 14.3. The molecule has 1 heterocycles. The molecule has 5 nitrogen and oxygen atoms in total. The van der Waals surface area contributed by atoms with Crippen molar-refractivity contribution in [3.8, 4) is 0 Å². The Morgan fingerprint density at radius 1 is 1.37 bits per heavy atom. The zero-order valence-electron chi connectivity index (χ0n) is 9.64. The minimum atomic E-state index is -4.09. The van der Waals surface area contributed by atoms with Gasteiger partial charge < -0.3 is 0 Å². The van der Waals surface area contributed by atoms with E-state index in [1.165, 1.54) is 6.07 Å². The number of sulfonamides is 1. The van der Waals surface area contributed by atoms with Crippen molar-refractivity contribution in [2.24, 2.45) is 0 Å². The number of hydrogen-bond acceptors (Lipinski definition) is 4. The van der Waals surface area contributed by atoms with Gasteiger partial charge in [0.05, 0.1) is 11.5 Å². The Labute approximate surface area is 115 Å². The molecule has 1 saturated heterocycles. The molecule has 0 aromatic heterocycles. The van der Waals surface area contributed by atoms with Crippen LogP contribution >= 0.6 is 11.6 Å². The molecule has 2 rings (SSSR count). The molecule has 1 aliphatic heterocycles. The number of rotatable bonds is 3. The van der Waals surface area contributed by atoms with Crippen molar-refractivity contribution < 1.29 is 21.2 Å². The van der Waals surface area contributed by atoms with E-state index in [2.05, 4.69) is 4.72 Å². The molecule has 0 radical (unpaired) electrons. The number of benzene rings is 1. The highest BCUT2D eigenvalue weighted by molar-refractivity contribution is 7.92. The lowest BCUT2D eigenvalue weighted by molar-refractivity contribution is 0.544. The lowest BCUT2D eigenvalue weighted by Crippen LogP contribution is -2.36. The van der Waals surface area contributed by atoms with Crippen molar-refractivity contribution in [3.05, 3.63) is 29.0 Å². The fourth-order valence-electron chi connectivity index (χ4n) is 1.86. The topological polar surface area (TPSA) is 80.3 Å². The average molecular weight is 328 g/mol. The van der Waals surface area contributed by atoms with Gasteiger partial charge in [-0.2, -0.15) is 0 Å². The highest BCUT2D eigenvalue weighted by Crippen LogP contribution is 2.20. The molecule has 19 heavy (non-hydrogen) atoms. The van der Waals surface area contributed by atoms with Crippen LogP contribution in [0.1, 0.15) is 6.42 Å². The van der Waals surface area contributed by atoms with Crippen LogP contribution in [0.5, 0.6) is 0 Å². The van der Waals surface area contributed by atoms with Gasteiger partial charge in [0.15, 0.2) is 9.84 Å². The molecule has 0 aliphatic carbocycles. The van der Waals surface area contributed by atoms with Crippen LogP contribution in [0.4, 0.5) is 4.39 Å². The summed E-state index contributed by atoms with van der Waals surface area (Å²) in [4.78, 5) is -0.541. The third-order valence-corrected chi connectivity index (χ3v) is 6.29.